The van der Waals surface area contributed by atoms with Crippen LogP contribution in [0.25, 0.3) is 0 Å². The maximum absolute atomic E-state index is 11.3. The third-order valence-electron chi connectivity index (χ3n) is 1.37. The molecule has 0 aromatic heterocycles. The highest BCUT2D eigenvalue weighted by molar-refractivity contribution is 5.73. The summed E-state index contributed by atoms with van der Waals surface area (Å²) in [7, 11) is 0. The van der Waals surface area contributed by atoms with Gasteiger partial charge in [-0.25, -0.2) is 4.79 Å². The van der Waals surface area contributed by atoms with E-state index in [2.05, 4.69) is 18.9 Å². The molecule has 0 spiro atoms. The molecule has 0 aliphatic heterocycles. The van der Waals surface area contributed by atoms with Gasteiger partial charge in [-0.1, -0.05) is 0 Å². The first kappa shape index (κ1) is 15.3. The zero-order valence-electron chi connectivity index (χ0n) is 9.20. The molecule has 0 saturated heterocycles. The molecule has 0 rings (SSSR count). The number of carbonyl (C=O) groups excluding carboxylic acids is 1. The van der Waals surface area contributed by atoms with Gasteiger partial charge in [-0.3, -0.25) is 0 Å². The standard InChI is InChI=1S/C9H9N3O6/c10-5-14-1-3-16-8(13)9(18-7-12)17-4-2-15-6-11/h9H,1-4H2. The Labute approximate surface area is 103 Å². The molecule has 0 aromatic carbocycles. The van der Waals surface area contributed by atoms with Crippen molar-refractivity contribution < 1.29 is 28.5 Å². The van der Waals surface area contributed by atoms with E-state index in [1.165, 1.54) is 18.8 Å². The summed E-state index contributed by atoms with van der Waals surface area (Å²) in [6.07, 6.45) is 2.53. The van der Waals surface area contributed by atoms with Crippen molar-refractivity contribution in [2.45, 2.75) is 6.29 Å². The van der Waals surface area contributed by atoms with Crippen LogP contribution in [0.4, 0.5) is 0 Å². The van der Waals surface area contributed by atoms with E-state index in [0.29, 0.717) is 0 Å². The Balaban J connectivity index is 3.93. The molecule has 0 bridgehead atoms. The van der Waals surface area contributed by atoms with Crippen LogP contribution in [0.2, 0.25) is 0 Å². The van der Waals surface area contributed by atoms with E-state index in [4.69, 9.17) is 20.5 Å². The fourth-order valence-corrected chi connectivity index (χ4v) is 0.738. The molecule has 0 aromatic rings. The van der Waals surface area contributed by atoms with Gasteiger partial charge in [-0.15, -0.1) is 0 Å². The third-order valence-corrected chi connectivity index (χ3v) is 1.37. The largest absolute Gasteiger partial charge is 0.457 e. The van der Waals surface area contributed by atoms with Gasteiger partial charge in [0.15, 0.2) is 0 Å². The number of rotatable bonds is 9. The summed E-state index contributed by atoms with van der Waals surface area (Å²) in [6.45, 7) is -0.523. The smallest absolute Gasteiger partial charge is 0.377 e. The Morgan fingerprint density at radius 1 is 0.944 bits per heavy atom. The topological polar surface area (TPSA) is 135 Å². The number of hydrogen-bond donors (Lipinski definition) is 0. The van der Waals surface area contributed by atoms with Crippen molar-refractivity contribution in [2.75, 3.05) is 26.4 Å². The average Bonchev–Trinajstić information content (AvgIpc) is 2.38. The van der Waals surface area contributed by atoms with E-state index in [1.54, 1.807) is 0 Å². The number of nitrogens with zero attached hydrogens (tertiary/aromatic N) is 3. The predicted octanol–water partition coefficient (Wildman–Crippen LogP) is -0.635. The van der Waals surface area contributed by atoms with Gasteiger partial charge in [-0.05, 0) is 0 Å². The van der Waals surface area contributed by atoms with E-state index >= 15 is 0 Å². The fraction of sp³-hybridized carbons (Fsp3) is 0.556. The molecule has 0 N–H and O–H groups in total. The summed E-state index contributed by atoms with van der Waals surface area (Å²) in [6, 6.07) is 0. The lowest BCUT2D eigenvalue weighted by atomic mass is 10.6. The summed E-state index contributed by atoms with van der Waals surface area (Å²) in [5, 5.41) is 24.4. The van der Waals surface area contributed by atoms with Crippen LogP contribution in [0.15, 0.2) is 0 Å². The zero-order valence-corrected chi connectivity index (χ0v) is 9.20. The van der Waals surface area contributed by atoms with Crippen molar-refractivity contribution in [3.8, 4) is 18.8 Å². The van der Waals surface area contributed by atoms with Crippen LogP contribution < -0.4 is 0 Å². The third kappa shape index (κ3) is 7.57. The molecule has 1 atom stereocenters. The first-order valence-corrected chi connectivity index (χ1v) is 4.61. The van der Waals surface area contributed by atoms with Crippen LogP contribution in [-0.4, -0.2) is 38.7 Å². The van der Waals surface area contributed by atoms with Crippen LogP contribution in [0, 0.1) is 34.6 Å². The van der Waals surface area contributed by atoms with Crippen molar-refractivity contribution in [2.24, 2.45) is 0 Å². The number of hydrogen-bond acceptors (Lipinski definition) is 9. The van der Waals surface area contributed by atoms with Crippen LogP contribution in [-0.2, 0) is 28.5 Å². The van der Waals surface area contributed by atoms with Crippen LogP contribution in [0.3, 0.4) is 0 Å². The molecule has 0 amide bonds. The molecule has 0 radical (unpaired) electrons. The Kier molecular flexibility index (Phi) is 9.18. The summed E-state index contributed by atoms with van der Waals surface area (Å²) in [4.78, 5) is 11.3. The minimum atomic E-state index is -1.54. The van der Waals surface area contributed by atoms with Crippen LogP contribution in [0.1, 0.15) is 0 Å². The second-order valence-corrected chi connectivity index (χ2v) is 2.46. The Morgan fingerprint density at radius 2 is 1.56 bits per heavy atom. The molecule has 0 aliphatic rings. The lowest BCUT2D eigenvalue weighted by molar-refractivity contribution is -0.184. The number of nitriles is 3. The second kappa shape index (κ2) is 10.8. The molecule has 18 heavy (non-hydrogen) atoms. The molecule has 1 unspecified atom stereocenters. The monoisotopic (exact) mass is 255 g/mol. The number of esters is 1. The van der Waals surface area contributed by atoms with E-state index in [-0.39, 0.29) is 26.4 Å². The van der Waals surface area contributed by atoms with Gasteiger partial charge in [0.25, 0.3) is 18.8 Å². The fourth-order valence-electron chi connectivity index (χ4n) is 0.738. The Hall–Kier alpha value is -2.70. The van der Waals surface area contributed by atoms with Gasteiger partial charge in [0, 0.05) is 0 Å². The normalized spacial score (nSPS) is 10.1. The number of carbonyl (C=O) groups is 1. The van der Waals surface area contributed by atoms with E-state index in [9.17, 15) is 4.79 Å². The lowest BCUT2D eigenvalue weighted by Crippen LogP contribution is -2.30. The van der Waals surface area contributed by atoms with Gasteiger partial charge < -0.3 is 23.7 Å². The highest BCUT2D eigenvalue weighted by Crippen LogP contribution is 1.98. The SMILES string of the molecule is N#COCCOC(=O)C(OC#N)OCCOC#N. The molecular weight excluding hydrogens is 246 g/mol. The minimum absolute atomic E-state index is 0.0907. The summed E-state index contributed by atoms with van der Waals surface area (Å²) < 4.78 is 22.3. The van der Waals surface area contributed by atoms with E-state index in [0.717, 1.165) is 0 Å². The summed E-state index contributed by atoms with van der Waals surface area (Å²) in [5.41, 5.74) is 0. The molecule has 9 heteroatoms. The zero-order chi connectivity index (χ0) is 13.6. The van der Waals surface area contributed by atoms with Crippen molar-refractivity contribution >= 4 is 5.97 Å². The molecule has 9 nitrogen and oxygen atoms in total. The maximum atomic E-state index is 11.3. The van der Waals surface area contributed by atoms with Gasteiger partial charge >= 0.3 is 12.3 Å². The van der Waals surface area contributed by atoms with Crippen molar-refractivity contribution in [1.82, 2.24) is 0 Å². The Morgan fingerprint density at radius 3 is 2.11 bits per heavy atom. The second-order valence-electron chi connectivity index (χ2n) is 2.46. The van der Waals surface area contributed by atoms with E-state index in [1.807, 2.05) is 0 Å². The average molecular weight is 255 g/mol. The molecule has 0 fully saturated rings. The highest BCUT2D eigenvalue weighted by atomic mass is 16.7. The van der Waals surface area contributed by atoms with E-state index < -0.39 is 12.3 Å². The maximum Gasteiger partial charge on any atom is 0.377 e. The first-order valence-electron chi connectivity index (χ1n) is 4.61. The van der Waals surface area contributed by atoms with Crippen molar-refractivity contribution in [3.05, 3.63) is 0 Å². The van der Waals surface area contributed by atoms with Gasteiger partial charge in [0.2, 0.25) is 0 Å². The summed E-state index contributed by atoms with van der Waals surface area (Å²) in [5.74, 6) is -0.949. The summed E-state index contributed by atoms with van der Waals surface area (Å²) >= 11 is 0. The van der Waals surface area contributed by atoms with Gasteiger partial charge in [0.1, 0.15) is 19.8 Å². The quantitative estimate of drug-likeness (QED) is 0.228. The molecule has 0 aliphatic carbocycles. The Bertz CT molecular complexity index is 366. The van der Waals surface area contributed by atoms with Crippen molar-refractivity contribution in [3.63, 3.8) is 0 Å². The van der Waals surface area contributed by atoms with Crippen LogP contribution >= 0.6 is 0 Å². The minimum Gasteiger partial charge on any atom is -0.457 e. The van der Waals surface area contributed by atoms with Crippen LogP contribution in [0.5, 0.6) is 0 Å². The molecule has 0 heterocycles. The van der Waals surface area contributed by atoms with Gasteiger partial charge in [0.05, 0.1) is 6.61 Å². The lowest BCUT2D eigenvalue weighted by Gasteiger charge is -2.12. The predicted molar refractivity (Wildman–Crippen MR) is 50.5 cm³/mol. The molecule has 96 valence electrons. The van der Waals surface area contributed by atoms with Crippen molar-refractivity contribution in [1.29, 1.82) is 15.8 Å². The van der Waals surface area contributed by atoms with Gasteiger partial charge in [-0.2, -0.15) is 15.8 Å². The number of ether oxygens (including phenoxy) is 5. The molecule has 0 saturated carbocycles. The highest BCUT2D eigenvalue weighted by Gasteiger charge is 2.22. The first-order chi connectivity index (χ1) is 8.76. The molecular formula is C9H9N3O6.